The Balaban J connectivity index is 2.41. The number of rotatable bonds is 6. The molecule has 0 spiro atoms. The zero-order valence-corrected chi connectivity index (χ0v) is 12.0. The summed E-state index contributed by atoms with van der Waals surface area (Å²) in [5, 5.41) is 12.9. The SMILES string of the molecule is O=C(O)CCCCNC(=O)Nc1c(F)cc(Br)cc1F. The largest absolute Gasteiger partial charge is 0.481 e. The van der Waals surface area contributed by atoms with Crippen molar-refractivity contribution in [2.75, 3.05) is 11.9 Å². The highest BCUT2D eigenvalue weighted by molar-refractivity contribution is 9.10. The third-order valence-electron chi connectivity index (χ3n) is 2.35. The molecular weight excluding hydrogens is 338 g/mol. The van der Waals surface area contributed by atoms with Gasteiger partial charge in [-0.2, -0.15) is 0 Å². The Bertz CT molecular complexity index is 488. The standard InChI is InChI=1S/C12H13BrF2N2O3/c13-7-5-8(14)11(9(15)6-7)17-12(20)16-4-2-1-3-10(18)19/h5-6H,1-4H2,(H,18,19)(H2,16,17,20). The fraction of sp³-hybridized carbons (Fsp3) is 0.333. The maximum Gasteiger partial charge on any atom is 0.319 e. The van der Waals surface area contributed by atoms with Crippen LogP contribution < -0.4 is 10.6 Å². The predicted molar refractivity (Wildman–Crippen MR) is 72.6 cm³/mol. The molecule has 0 atom stereocenters. The summed E-state index contributed by atoms with van der Waals surface area (Å²) in [5.41, 5.74) is -0.531. The van der Waals surface area contributed by atoms with Crippen molar-refractivity contribution in [1.82, 2.24) is 5.32 Å². The minimum Gasteiger partial charge on any atom is -0.481 e. The minimum atomic E-state index is -0.909. The fourth-order valence-corrected chi connectivity index (χ4v) is 1.82. The molecule has 5 nitrogen and oxygen atoms in total. The molecule has 0 aliphatic heterocycles. The summed E-state index contributed by atoms with van der Waals surface area (Å²) in [7, 11) is 0. The molecule has 0 heterocycles. The van der Waals surface area contributed by atoms with Gasteiger partial charge in [0.05, 0.1) is 0 Å². The van der Waals surface area contributed by atoms with E-state index in [0.717, 1.165) is 12.1 Å². The van der Waals surface area contributed by atoms with E-state index >= 15 is 0 Å². The molecule has 0 unspecified atom stereocenters. The van der Waals surface area contributed by atoms with Crippen LogP contribution in [0.15, 0.2) is 16.6 Å². The average molecular weight is 351 g/mol. The van der Waals surface area contributed by atoms with E-state index in [1.54, 1.807) is 0 Å². The first-order valence-corrected chi connectivity index (χ1v) is 6.60. The van der Waals surface area contributed by atoms with E-state index in [1.165, 1.54) is 0 Å². The molecule has 0 aliphatic rings. The van der Waals surface area contributed by atoms with Crippen molar-refractivity contribution in [2.45, 2.75) is 19.3 Å². The van der Waals surface area contributed by atoms with Crippen LogP contribution in [0, 0.1) is 11.6 Å². The molecule has 1 rings (SSSR count). The second-order valence-corrected chi connectivity index (χ2v) is 4.89. The number of carbonyl (C=O) groups is 2. The number of benzene rings is 1. The summed E-state index contributed by atoms with van der Waals surface area (Å²) < 4.78 is 27.1. The number of hydrogen-bond donors (Lipinski definition) is 3. The van der Waals surface area contributed by atoms with Crippen LogP contribution in [0.2, 0.25) is 0 Å². The number of hydrogen-bond acceptors (Lipinski definition) is 2. The van der Waals surface area contributed by atoms with Crippen LogP contribution in [-0.4, -0.2) is 23.7 Å². The maximum absolute atomic E-state index is 13.4. The monoisotopic (exact) mass is 350 g/mol. The van der Waals surface area contributed by atoms with Crippen molar-refractivity contribution in [1.29, 1.82) is 0 Å². The van der Waals surface area contributed by atoms with E-state index in [2.05, 4.69) is 26.6 Å². The highest BCUT2D eigenvalue weighted by Gasteiger charge is 2.13. The number of urea groups is 1. The van der Waals surface area contributed by atoms with Crippen LogP contribution in [0.1, 0.15) is 19.3 Å². The third-order valence-corrected chi connectivity index (χ3v) is 2.81. The number of aliphatic carboxylic acids is 1. The van der Waals surface area contributed by atoms with Crippen molar-refractivity contribution >= 4 is 33.6 Å². The van der Waals surface area contributed by atoms with E-state index in [9.17, 15) is 18.4 Å². The Morgan fingerprint density at radius 2 is 1.80 bits per heavy atom. The minimum absolute atomic E-state index is 0.0132. The Morgan fingerprint density at radius 1 is 1.20 bits per heavy atom. The summed E-state index contributed by atoms with van der Waals surface area (Å²) in [6.45, 7) is 0.221. The number of nitrogens with one attached hydrogen (secondary N) is 2. The molecule has 0 aromatic heterocycles. The molecule has 110 valence electrons. The first kappa shape index (κ1) is 16.4. The average Bonchev–Trinajstić information content (AvgIpc) is 2.33. The first-order valence-electron chi connectivity index (χ1n) is 5.81. The molecule has 0 saturated heterocycles. The van der Waals surface area contributed by atoms with E-state index in [-0.39, 0.29) is 17.4 Å². The molecule has 1 aromatic rings. The second-order valence-electron chi connectivity index (χ2n) is 3.98. The van der Waals surface area contributed by atoms with Gasteiger partial charge in [-0.3, -0.25) is 4.79 Å². The highest BCUT2D eigenvalue weighted by Crippen LogP contribution is 2.23. The quantitative estimate of drug-likeness (QED) is 0.689. The summed E-state index contributed by atoms with van der Waals surface area (Å²) in [6.07, 6.45) is 0.890. The molecule has 3 N–H and O–H groups in total. The summed E-state index contributed by atoms with van der Waals surface area (Å²) >= 11 is 2.93. The van der Waals surface area contributed by atoms with Gasteiger partial charge < -0.3 is 15.7 Å². The lowest BCUT2D eigenvalue weighted by Crippen LogP contribution is -2.30. The Morgan fingerprint density at radius 3 is 2.35 bits per heavy atom. The van der Waals surface area contributed by atoms with Gasteiger partial charge >= 0.3 is 12.0 Å². The Kier molecular flexibility index (Phi) is 6.37. The lowest BCUT2D eigenvalue weighted by molar-refractivity contribution is -0.137. The maximum atomic E-state index is 13.4. The van der Waals surface area contributed by atoms with Crippen molar-refractivity contribution in [3.63, 3.8) is 0 Å². The van der Waals surface area contributed by atoms with Crippen LogP contribution in [0.5, 0.6) is 0 Å². The van der Waals surface area contributed by atoms with Crippen LogP contribution in [0.3, 0.4) is 0 Å². The Labute approximate surface area is 122 Å². The number of unbranched alkanes of at least 4 members (excludes halogenated alkanes) is 1. The molecule has 20 heavy (non-hydrogen) atoms. The van der Waals surface area contributed by atoms with Gasteiger partial charge in [0.15, 0.2) is 11.6 Å². The van der Waals surface area contributed by atoms with Crippen LogP contribution in [-0.2, 0) is 4.79 Å². The third kappa shape index (κ3) is 5.52. The van der Waals surface area contributed by atoms with E-state index in [1.807, 2.05) is 0 Å². The number of amides is 2. The molecule has 0 bridgehead atoms. The zero-order chi connectivity index (χ0) is 15.1. The highest BCUT2D eigenvalue weighted by atomic mass is 79.9. The molecule has 0 aliphatic carbocycles. The molecule has 0 radical (unpaired) electrons. The predicted octanol–water partition coefficient (Wildman–Crippen LogP) is 3.10. The second kappa shape index (κ2) is 7.78. The van der Waals surface area contributed by atoms with Gasteiger partial charge in [0.25, 0.3) is 0 Å². The molecule has 2 amide bonds. The molecule has 8 heteroatoms. The van der Waals surface area contributed by atoms with Gasteiger partial charge in [0.2, 0.25) is 0 Å². The van der Waals surface area contributed by atoms with Gasteiger partial charge in [-0.1, -0.05) is 15.9 Å². The summed E-state index contributed by atoms with van der Waals surface area (Å²) in [4.78, 5) is 21.7. The van der Waals surface area contributed by atoms with Gasteiger partial charge in [-0.25, -0.2) is 13.6 Å². The summed E-state index contributed by atoms with van der Waals surface area (Å²) in [6, 6.07) is 1.32. The topological polar surface area (TPSA) is 78.4 Å². The molecule has 0 fully saturated rings. The lowest BCUT2D eigenvalue weighted by Gasteiger charge is -2.09. The van der Waals surface area contributed by atoms with E-state index in [0.29, 0.717) is 12.8 Å². The molecule has 0 saturated carbocycles. The number of carbonyl (C=O) groups excluding carboxylic acids is 1. The van der Waals surface area contributed by atoms with Gasteiger partial charge in [0, 0.05) is 17.4 Å². The van der Waals surface area contributed by atoms with E-state index < -0.39 is 29.3 Å². The molecular formula is C12H13BrF2N2O3. The normalized spacial score (nSPS) is 10.2. The van der Waals surface area contributed by atoms with Crippen molar-refractivity contribution in [3.8, 4) is 0 Å². The van der Waals surface area contributed by atoms with Crippen molar-refractivity contribution in [2.24, 2.45) is 0 Å². The molecule has 1 aromatic carbocycles. The van der Waals surface area contributed by atoms with Gasteiger partial charge in [-0.05, 0) is 25.0 Å². The number of carboxylic acids is 1. The first-order chi connectivity index (χ1) is 9.40. The lowest BCUT2D eigenvalue weighted by atomic mass is 10.2. The Hall–Kier alpha value is -1.70. The smallest absolute Gasteiger partial charge is 0.319 e. The number of carboxylic acid groups (broad SMARTS) is 1. The van der Waals surface area contributed by atoms with Gasteiger partial charge in [-0.15, -0.1) is 0 Å². The van der Waals surface area contributed by atoms with Crippen LogP contribution in [0.25, 0.3) is 0 Å². The number of anilines is 1. The van der Waals surface area contributed by atoms with Crippen molar-refractivity contribution in [3.05, 3.63) is 28.2 Å². The van der Waals surface area contributed by atoms with Crippen LogP contribution in [0.4, 0.5) is 19.3 Å². The zero-order valence-electron chi connectivity index (χ0n) is 10.4. The van der Waals surface area contributed by atoms with E-state index in [4.69, 9.17) is 5.11 Å². The van der Waals surface area contributed by atoms with Crippen LogP contribution >= 0.6 is 15.9 Å². The fourth-order valence-electron chi connectivity index (χ4n) is 1.42. The summed E-state index contributed by atoms with van der Waals surface area (Å²) in [5.74, 6) is -2.69. The van der Waals surface area contributed by atoms with Gasteiger partial charge in [0.1, 0.15) is 5.69 Å². The number of halogens is 3. The van der Waals surface area contributed by atoms with Crippen molar-refractivity contribution < 1.29 is 23.5 Å².